The molecule has 30 heavy (non-hydrogen) atoms. The number of nitrogens with zero attached hydrogens (tertiary/aromatic N) is 2. The molecule has 1 saturated heterocycles. The third kappa shape index (κ3) is 6.60. The first-order valence-electron chi connectivity index (χ1n) is 9.89. The van der Waals surface area contributed by atoms with E-state index in [1.807, 2.05) is 12.1 Å². The number of hydrogen-bond acceptors (Lipinski definition) is 4. The summed E-state index contributed by atoms with van der Waals surface area (Å²) in [5.74, 6) is -2.79. The highest BCUT2D eigenvalue weighted by atomic mass is 19.1. The molecular weight excluding hydrogens is 390 g/mol. The van der Waals surface area contributed by atoms with Crippen molar-refractivity contribution in [3.05, 3.63) is 70.8 Å². The van der Waals surface area contributed by atoms with Crippen molar-refractivity contribution in [1.82, 2.24) is 20.4 Å². The lowest BCUT2D eigenvalue weighted by molar-refractivity contribution is -0.120. The summed E-state index contributed by atoms with van der Waals surface area (Å²) < 4.78 is 26.3. The fourth-order valence-corrected chi connectivity index (χ4v) is 3.24. The smallest absolute Gasteiger partial charge is 0.251 e. The Hall–Kier alpha value is -2.84. The minimum Gasteiger partial charge on any atom is -0.350 e. The molecule has 0 atom stereocenters. The second-order valence-electron chi connectivity index (χ2n) is 7.51. The zero-order valence-corrected chi connectivity index (χ0v) is 17.0. The summed E-state index contributed by atoms with van der Waals surface area (Å²) in [7, 11) is 2.13. The van der Waals surface area contributed by atoms with Gasteiger partial charge in [0.05, 0.1) is 6.54 Å². The van der Waals surface area contributed by atoms with E-state index in [0.29, 0.717) is 12.6 Å². The molecule has 0 spiro atoms. The molecule has 0 bridgehead atoms. The normalized spacial score (nSPS) is 15.0. The van der Waals surface area contributed by atoms with Gasteiger partial charge in [-0.05, 0) is 30.3 Å². The summed E-state index contributed by atoms with van der Waals surface area (Å²) in [5.41, 5.74) is 2.00. The summed E-state index contributed by atoms with van der Waals surface area (Å²) >= 11 is 0. The third-order valence-electron chi connectivity index (χ3n) is 5.05. The van der Waals surface area contributed by atoms with Crippen molar-refractivity contribution in [2.75, 3.05) is 39.8 Å². The molecule has 3 rings (SSSR count). The first-order valence-corrected chi connectivity index (χ1v) is 9.89. The topological polar surface area (TPSA) is 64.7 Å². The monoisotopic (exact) mass is 416 g/mol. The number of hydrogen-bond donors (Lipinski definition) is 2. The van der Waals surface area contributed by atoms with Crippen LogP contribution in [-0.4, -0.2) is 61.4 Å². The second-order valence-corrected chi connectivity index (χ2v) is 7.51. The number of likely N-dealkylation sites (N-methyl/N-ethyl adjacent to an activating group) is 1. The van der Waals surface area contributed by atoms with Crippen LogP contribution in [0.1, 0.15) is 21.5 Å². The van der Waals surface area contributed by atoms with Crippen molar-refractivity contribution in [1.29, 1.82) is 0 Å². The van der Waals surface area contributed by atoms with Crippen molar-refractivity contribution < 1.29 is 18.4 Å². The van der Waals surface area contributed by atoms with Crippen LogP contribution in [0, 0.1) is 11.6 Å². The van der Waals surface area contributed by atoms with E-state index >= 15 is 0 Å². The number of benzene rings is 2. The van der Waals surface area contributed by atoms with Crippen LogP contribution in [0.2, 0.25) is 0 Å². The zero-order valence-electron chi connectivity index (χ0n) is 17.0. The van der Waals surface area contributed by atoms with E-state index in [-0.39, 0.29) is 18.0 Å². The van der Waals surface area contributed by atoms with E-state index in [4.69, 9.17) is 0 Å². The minimum absolute atomic E-state index is 0.170. The van der Waals surface area contributed by atoms with Gasteiger partial charge in [0.2, 0.25) is 5.91 Å². The standard InChI is InChI=1S/C22H26F2N4O2/c1-27-6-8-28(9-7-27)15-17-4-2-16(3-5-17)13-25-21(29)14-26-22(30)18-10-19(23)12-20(24)11-18/h2-5,10-12H,6-9,13-15H2,1H3,(H,25,29)(H,26,30). The largest absolute Gasteiger partial charge is 0.350 e. The molecule has 0 saturated carbocycles. The van der Waals surface area contributed by atoms with Gasteiger partial charge in [-0.25, -0.2) is 8.78 Å². The van der Waals surface area contributed by atoms with Crippen molar-refractivity contribution >= 4 is 11.8 Å². The highest BCUT2D eigenvalue weighted by Crippen LogP contribution is 2.10. The van der Waals surface area contributed by atoms with Gasteiger partial charge in [0.25, 0.3) is 5.91 Å². The Kier molecular flexibility index (Phi) is 7.48. The molecule has 2 aromatic carbocycles. The number of nitrogens with one attached hydrogen (secondary N) is 2. The molecular formula is C22H26F2N4O2. The molecule has 1 aliphatic heterocycles. The second kappa shape index (κ2) is 10.3. The quantitative estimate of drug-likeness (QED) is 0.722. The summed E-state index contributed by atoms with van der Waals surface area (Å²) in [6.07, 6.45) is 0. The molecule has 2 N–H and O–H groups in total. The molecule has 0 aromatic heterocycles. The Morgan fingerprint density at radius 2 is 1.50 bits per heavy atom. The van der Waals surface area contributed by atoms with Gasteiger partial charge in [-0.3, -0.25) is 14.5 Å². The van der Waals surface area contributed by atoms with Gasteiger partial charge in [0.15, 0.2) is 0 Å². The van der Waals surface area contributed by atoms with E-state index in [0.717, 1.165) is 50.4 Å². The van der Waals surface area contributed by atoms with Crippen molar-refractivity contribution in [3.8, 4) is 0 Å². The van der Waals surface area contributed by atoms with Gasteiger partial charge in [-0.2, -0.15) is 0 Å². The van der Waals surface area contributed by atoms with Crippen LogP contribution in [0.3, 0.4) is 0 Å². The number of piperazine rings is 1. The zero-order chi connectivity index (χ0) is 21.5. The number of carbonyl (C=O) groups is 2. The molecule has 1 fully saturated rings. The maximum absolute atomic E-state index is 13.2. The maximum atomic E-state index is 13.2. The number of halogens is 2. The third-order valence-corrected chi connectivity index (χ3v) is 5.05. The molecule has 8 heteroatoms. The van der Waals surface area contributed by atoms with E-state index in [2.05, 4.69) is 39.6 Å². The first-order chi connectivity index (χ1) is 14.4. The van der Waals surface area contributed by atoms with Gasteiger partial charge in [0.1, 0.15) is 11.6 Å². The van der Waals surface area contributed by atoms with Crippen molar-refractivity contribution in [3.63, 3.8) is 0 Å². The van der Waals surface area contributed by atoms with Crippen LogP contribution >= 0.6 is 0 Å². The molecule has 0 radical (unpaired) electrons. The average Bonchev–Trinajstić information content (AvgIpc) is 2.72. The predicted octanol–water partition coefficient (Wildman–Crippen LogP) is 1.76. The summed E-state index contributed by atoms with van der Waals surface area (Å²) in [5, 5.41) is 5.07. The summed E-state index contributed by atoms with van der Waals surface area (Å²) in [6, 6.07) is 10.6. The minimum atomic E-state index is -0.847. The Labute approximate surface area is 174 Å². The average molecular weight is 416 g/mol. The Bertz CT molecular complexity index is 861. The predicted molar refractivity (Wildman–Crippen MR) is 110 cm³/mol. The van der Waals surface area contributed by atoms with Crippen molar-refractivity contribution in [2.24, 2.45) is 0 Å². The van der Waals surface area contributed by atoms with Crippen LogP contribution in [0.15, 0.2) is 42.5 Å². The van der Waals surface area contributed by atoms with E-state index in [9.17, 15) is 18.4 Å². The van der Waals surface area contributed by atoms with Crippen LogP contribution in [0.25, 0.3) is 0 Å². The van der Waals surface area contributed by atoms with Gasteiger partial charge >= 0.3 is 0 Å². The lowest BCUT2D eigenvalue weighted by Gasteiger charge is -2.32. The fourth-order valence-electron chi connectivity index (χ4n) is 3.24. The Morgan fingerprint density at radius 1 is 0.900 bits per heavy atom. The lowest BCUT2D eigenvalue weighted by atomic mass is 10.1. The van der Waals surface area contributed by atoms with Gasteiger partial charge in [-0.1, -0.05) is 24.3 Å². The lowest BCUT2D eigenvalue weighted by Crippen LogP contribution is -2.43. The number of rotatable bonds is 7. The van der Waals surface area contributed by atoms with Gasteiger partial charge in [-0.15, -0.1) is 0 Å². The van der Waals surface area contributed by atoms with Crippen LogP contribution in [0.5, 0.6) is 0 Å². The molecule has 1 heterocycles. The molecule has 2 amide bonds. The highest BCUT2D eigenvalue weighted by molar-refractivity contribution is 5.96. The van der Waals surface area contributed by atoms with Crippen molar-refractivity contribution in [2.45, 2.75) is 13.1 Å². The van der Waals surface area contributed by atoms with E-state index < -0.39 is 17.5 Å². The molecule has 1 aliphatic rings. The molecule has 0 aliphatic carbocycles. The summed E-state index contributed by atoms with van der Waals surface area (Å²) in [6.45, 7) is 5.23. The molecule has 0 unspecified atom stereocenters. The Morgan fingerprint density at radius 3 is 2.13 bits per heavy atom. The SMILES string of the molecule is CN1CCN(Cc2ccc(CNC(=O)CNC(=O)c3cc(F)cc(F)c3)cc2)CC1. The first kappa shape index (κ1) is 21.9. The summed E-state index contributed by atoms with van der Waals surface area (Å²) in [4.78, 5) is 28.6. The van der Waals surface area contributed by atoms with Gasteiger partial charge < -0.3 is 15.5 Å². The number of carbonyl (C=O) groups excluding carboxylic acids is 2. The number of amides is 2. The molecule has 160 valence electrons. The van der Waals surface area contributed by atoms with E-state index in [1.165, 1.54) is 5.56 Å². The Balaban J connectivity index is 1.40. The molecule has 2 aromatic rings. The van der Waals surface area contributed by atoms with Gasteiger partial charge in [0, 0.05) is 50.9 Å². The van der Waals surface area contributed by atoms with Crippen LogP contribution in [-0.2, 0) is 17.9 Å². The highest BCUT2D eigenvalue weighted by Gasteiger charge is 2.14. The molecule has 6 nitrogen and oxygen atoms in total. The fraction of sp³-hybridized carbons (Fsp3) is 0.364. The maximum Gasteiger partial charge on any atom is 0.251 e. The van der Waals surface area contributed by atoms with Crippen LogP contribution < -0.4 is 10.6 Å². The van der Waals surface area contributed by atoms with Crippen LogP contribution in [0.4, 0.5) is 8.78 Å². The van der Waals surface area contributed by atoms with E-state index in [1.54, 1.807) is 0 Å².